The van der Waals surface area contributed by atoms with E-state index in [9.17, 15) is 9.59 Å². The van der Waals surface area contributed by atoms with Gasteiger partial charge in [0, 0.05) is 71.3 Å². The maximum atomic E-state index is 12.9. The maximum absolute atomic E-state index is 12.9. The summed E-state index contributed by atoms with van der Waals surface area (Å²) in [7, 11) is 0. The zero-order chi connectivity index (χ0) is 31.3. The number of carbonyl (C=O) groups is 2. The number of aromatic nitrogens is 2. The van der Waals surface area contributed by atoms with Crippen LogP contribution in [-0.4, -0.2) is 52.9 Å². The molecule has 1 saturated heterocycles. The van der Waals surface area contributed by atoms with Gasteiger partial charge in [0.05, 0.1) is 11.4 Å². The number of fused-ring (bicyclic) bond motifs is 3. The van der Waals surface area contributed by atoms with Crippen LogP contribution in [0.4, 0.5) is 11.4 Å². The number of carbonyl (C=O) groups excluding carboxylic acids is 2. The van der Waals surface area contributed by atoms with Crippen molar-refractivity contribution in [1.29, 1.82) is 0 Å². The van der Waals surface area contributed by atoms with Gasteiger partial charge in [0.2, 0.25) is 5.91 Å². The highest BCUT2D eigenvalue weighted by atomic mass is 16.2. The largest absolute Gasteiger partial charge is 0.384 e. The molecular formula is C38H42N6O2. The Kier molecular flexibility index (Phi) is 8.96. The third-order valence-corrected chi connectivity index (χ3v) is 9.45. The van der Waals surface area contributed by atoms with E-state index in [0.717, 1.165) is 86.0 Å². The zero-order valence-electron chi connectivity index (χ0n) is 26.3. The second kappa shape index (κ2) is 13.7. The van der Waals surface area contributed by atoms with Gasteiger partial charge in [-0.3, -0.25) is 19.5 Å². The minimum Gasteiger partial charge on any atom is -0.384 e. The molecule has 1 unspecified atom stereocenters. The highest BCUT2D eigenvalue weighted by Crippen LogP contribution is 2.33. The number of rotatable bonds is 11. The van der Waals surface area contributed by atoms with Gasteiger partial charge < -0.3 is 20.9 Å². The van der Waals surface area contributed by atoms with Crippen molar-refractivity contribution in [1.82, 2.24) is 20.2 Å². The van der Waals surface area contributed by atoms with E-state index in [-0.39, 0.29) is 17.7 Å². The molecule has 1 atom stereocenters. The van der Waals surface area contributed by atoms with Gasteiger partial charge in [0.1, 0.15) is 0 Å². The number of unbranched alkanes of at least 4 members (excludes halogenated alkanes) is 1. The fourth-order valence-corrected chi connectivity index (χ4v) is 6.94. The standard InChI is InChI=1S/C38H42N6O2/c45-37(41-20-6-5-19-40-36-31-7-1-3-9-34(31)43-35-10-4-2-8-32(35)36)29-18-22-44(25-29)24-26-11-13-27(14-12-26)38(46)42-30-15-16-33-28(23-30)17-21-39-33/h1,3,7,9,11-17,21,23,29,39H,2,4-6,8,10,18-20,22,24-25H2,(H,40,43)(H,41,45)(H,42,46). The summed E-state index contributed by atoms with van der Waals surface area (Å²) < 4.78 is 0. The lowest BCUT2D eigenvalue weighted by molar-refractivity contribution is -0.124. The number of aryl methyl sites for hydroxylation is 1. The summed E-state index contributed by atoms with van der Waals surface area (Å²) in [6.07, 6.45) is 9.32. The molecule has 7 rings (SSSR count). The number of benzene rings is 3. The zero-order valence-corrected chi connectivity index (χ0v) is 26.3. The molecule has 0 saturated carbocycles. The lowest BCUT2D eigenvalue weighted by Gasteiger charge is -2.21. The molecule has 8 heteroatoms. The van der Waals surface area contributed by atoms with E-state index in [2.05, 4.69) is 50.1 Å². The van der Waals surface area contributed by atoms with Gasteiger partial charge in [0.25, 0.3) is 5.91 Å². The number of likely N-dealkylation sites (tertiary alicyclic amines) is 1. The second-order valence-electron chi connectivity index (χ2n) is 12.7. The molecule has 1 aliphatic carbocycles. The minimum atomic E-state index is -0.125. The summed E-state index contributed by atoms with van der Waals surface area (Å²) >= 11 is 0. The molecular weight excluding hydrogens is 572 g/mol. The van der Waals surface area contributed by atoms with E-state index >= 15 is 0 Å². The lowest BCUT2D eigenvalue weighted by Crippen LogP contribution is -2.33. The molecule has 1 fully saturated rings. The first-order valence-corrected chi connectivity index (χ1v) is 16.7. The summed E-state index contributed by atoms with van der Waals surface area (Å²) in [5.41, 5.74) is 8.57. The first-order valence-electron chi connectivity index (χ1n) is 16.7. The number of H-pyrrole nitrogens is 1. The Labute approximate surface area is 270 Å². The molecule has 1 aliphatic heterocycles. The quantitative estimate of drug-likeness (QED) is 0.124. The van der Waals surface area contributed by atoms with Gasteiger partial charge in [-0.15, -0.1) is 0 Å². The maximum Gasteiger partial charge on any atom is 0.255 e. The van der Waals surface area contributed by atoms with Crippen molar-refractivity contribution in [3.8, 4) is 0 Å². The minimum absolute atomic E-state index is 0.0234. The molecule has 2 aliphatic rings. The Morgan fingerprint density at radius 1 is 0.935 bits per heavy atom. The van der Waals surface area contributed by atoms with E-state index in [0.29, 0.717) is 12.1 Å². The third kappa shape index (κ3) is 6.77. The predicted molar refractivity (Wildman–Crippen MR) is 185 cm³/mol. The first-order chi connectivity index (χ1) is 22.6. The third-order valence-electron chi connectivity index (χ3n) is 9.45. The molecule has 8 nitrogen and oxygen atoms in total. The number of amides is 2. The van der Waals surface area contributed by atoms with Crippen LogP contribution in [0.5, 0.6) is 0 Å². The van der Waals surface area contributed by atoms with Crippen molar-refractivity contribution in [2.75, 3.05) is 36.8 Å². The highest BCUT2D eigenvalue weighted by molar-refractivity contribution is 6.05. The van der Waals surface area contributed by atoms with Crippen LogP contribution in [-0.2, 0) is 24.2 Å². The number of aromatic amines is 1. The fourth-order valence-electron chi connectivity index (χ4n) is 6.94. The molecule has 0 bridgehead atoms. The lowest BCUT2D eigenvalue weighted by atomic mass is 9.92. The van der Waals surface area contributed by atoms with Crippen molar-refractivity contribution in [3.05, 3.63) is 101 Å². The molecule has 4 N–H and O–H groups in total. The Bertz CT molecular complexity index is 1850. The number of nitrogens with one attached hydrogen (secondary N) is 4. The SMILES string of the molecule is O=C(Nc1ccc2[nH]ccc2c1)c1ccc(CN2CCC(C(=O)NCCCCNc3c4c(nc5ccccc35)CCCC4)C2)cc1. The smallest absolute Gasteiger partial charge is 0.255 e. The molecule has 2 aromatic heterocycles. The van der Waals surface area contributed by atoms with Crippen molar-refractivity contribution < 1.29 is 9.59 Å². The predicted octanol–water partition coefficient (Wildman–Crippen LogP) is 6.68. The van der Waals surface area contributed by atoms with Crippen LogP contribution in [0, 0.1) is 5.92 Å². The summed E-state index contributed by atoms with van der Waals surface area (Å²) in [6, 6.07) is 24.0. The van der Waals surface area contributed by atoms with E-state index in [4.69, 9.17) is 4.98 Å². The van der Waals surface area contributed by atoms with Gasteiger partial charge in [-0.25, -0.2) is 0 Å². The average molecular weight is 615 g/mol. The summed E-state index contributed by atoms with van der Waals surface area (Å²) in [4.78, 5) is 36.2. The number of pyridine rings is 1. The number of para-hydroxylation sites is 1. The second-order valence-corrected chi connectivity index (χ2v) is 12.7. The summed E-state index contributed by atoms with van der Waals surface area (Å²) in [6.45, 7) is 4.02. The summed E-state index contributed by atoms with van der Waals surface area (Å²) in [5.74, 6) is 0.0599. The van der Waals surface area contributed by atoms with E-state index < -0.39 is 0 Å². The molecule has 0 radical (unpaired) electrons. The average Bonchev–Trinajstić information content (AvgIpc) is 3.76. The topological polar surface area (TPSA) is 102 Å². The number of hydrogen-bond donors (Lipinski definition) is 4. The number of anilines is 2. The Hall–Kier alpha value is -4.69. The van der Waals surface area contributed by atoms with Crippen LogP contribution >= 0.6 is 0 Å². The van der Waals surface area contributed by atoms with Crippen LogP contribution in [0.3, 0.4) is 0 Å². The summed E-state index contributed by atoms with van der Waals surface area (Å²) in [5, 5.41) is 12.2. The monoisotopic (exact) mass is 614 g/mol. The van der Waals surface area contributed by atoms with E-state index in [1.165, 1.54) is 35.2 Å². The van der Waals surface area contributed by atoms with Gasteiger partial charge in [-0.05, 0) is 105 Å². The van der Waals surface area contributed by atoms with Gasteiger partial charge in [0.15, 0.2) is 0 Å². The van der Waals surface area contributed by atoms with Crippen molar-refractivity contribution >= 4 is 45.0 Å². The Morgan fingerprint density at radius 2 is 1.78 bits per heavy atom. The molecule has 236 valence electrons. The molecule has 3 heterocycles. The van der Waals surface area contributed by atoms with Crippen LogP contribution < -0.4 is 16.0 Å². The van der Waals surface area contributed by atoms with Crippen LogP contribution in [0.2, 0.25) is 0 Å². The molecule has 5 aromatic rings. The van der Waals surface area contributed by atoms with Crippen LogP contribution in [0.15, 0.2) is 79.0 Å². The Balaban J connectivity index is 0.829. The number of hydrogen-bond acceptors (Lipinski definition) is 5. The first kappa shape index (κ1) is 30.0. The van der Waals surface area contributed by atoms with Gasteiger partial charge in [-0.2, -0.15) is 0 Å². The molecule has 46 heavy (non-hydrogen) atoms. The van der Waals surface area contributed by atoms with Crippen LogP contribution in [0.1, 0.15) is 59.3 Å². The van der Waals surface area contributed by atoms with Crippen molar-refractivity contribution in [3.63, 3.8) is 0 Å². The van der Waals surface area contributed by atoms with Gasteiger partial charge >= 0.3 is 0 Å². The fraction of sp³-hybridized carbons (Fsp3) is 0.342. The van der Waals surface area contributed by atoms with E-state index in [1.54, 1.807) is 0 Å². The van der Waals surface area contributed by atoms with E-state index in [1.807, 2.05) is 54.7 Å². The van der Waals surface area contributed by atoms with Crippen LogP contribution in [0.25, 0.3) is 21.8 Å². The molecule has 0 spiro atoms. The molecule has 2 amide bonds. The molecule has 3 aromatic carbocycles. The Morgan fingerprint density at radius 3 is 2.70 bits per heavy atom. The highest BCUT2D eigenvalue weighted by Gasteiger charge is 2.28. The van der Waals surface area contributed by atoms with Gasteiger partial charge in [-0.1, -0.05) is 30.3 Å². The van der Waals surface area contributed by atoms with Crippen molar-refractivity contribution in [2.45, 2.75) is 51.5 Å². The van der Waals surface area contributed by atoms with Crippen molar-refractivity contribution in [2.24, 2.45) is 5.92 Å². The normalized spacial score (nSPS) is 16.4. The number of nitrogens with zero attached hydrogens (tertiary/aromatic N) is 2.